The molecule has 0 N–H and O–H groups in total. The van der Waals surface area contributed by atoms with Crippen LogP contribution in [0, 0.1) is 11.7 Å². The highest BCUT2D eigenvalue weighted by molar-refractivity contribution is 5.96. The van der Waals surface area contributed by atoms with Crippen LogP contribution in [0.3, 0.4) is 0 Å². The Morgan fingerprint density at radius 3 is 2.69 bits per heavy atom. The number of hydrogen-bond acceptors (Lipinski definition) is 3. The fraction of sp³-hybridized carbons (Fsp3) is 0.304. The molecular formula is C23H23FN4O. The number of amides is 1. The number of piperidine rings is 1. The zero-order valence-electron chi connectivity index (χ0n) is 16.2. The Labute approximate surface area is 169 Å². The van der Waals surface area contributed by atoms with Gasteiger partial charge in [0.25, 0.3) is 0 Å². The van der Waals surface area contributed by atoms with Crippen LogP contribution in [-0.2, 0) is 17.9 Å². The maximum Gasteiger partial charge on any atom is 0.230 e. The second-order valence-electron chi connectivity index (χ2n) is 7.77. The van der Waals surface area contributed by atoms with Crippen molar-refractivity contribution in [3.63, 3.8) is 0 Å². The maximum atomic E-state index is 13.9. The molecule has 5 nitrogen and oxygen atoms in total. The minimum atomic E-state index is -0.268. The van der Waals surface area contributed by atoms with E-state index in [1.165, 1.54) is 6.07 Å². The minimum Gasteiger partial charge on any atom is -0.357 e. The highest BCUT2D eigenvalue weighted by atomic mass is 19.1. The van der Waals surface area contributed by atoms with Gasteiger partial charge in [-0.05, 0) is 60.9 Å². The second-order valence-corrected chi connectivity index (χ2v) is 7.77. The quantitative estimate of drug-likeness (QED) is 0.668. The van der Waals surface area contributed by atoms with Gasteiger partial charge in [-0.15, -0.1) is 0 Å². The number of pyridine rings is 1. The fourth-order valence-corrected chi connectivity index (χ4v) is 4.44. The molecule has 0 unspecified atom stereocenters. The zero-order valence-corrected chi connectivity index (χ0v) is 16.2. The van der Waals surface area contributed by atoms with E-state index in [2.05, 4.69) is 14.5 Å². The van der Waals surface area contributed by atoms with Crippen molar-refractivity contribution in [1.82, 2.24) is 9.55 Å². The van der Waals surface area contributed by atoms with Gasteiger partial charge < -0.3 is 14.4 Å². The third-order valence-corrected chi connectivity index (χ3v) is 6.00. The molecule has 0 atom stereocenters. The molecule has 2 aromatic heterocycles. The third-order valence-electron chi connectivity index (χ3n) is 6.00. The maximum absolute atomic E-state index is 13.9. The fourth-order valence-electron chi connectivity index (χ4n) is 4.44. The molecule has 0 spiro atoms. The SMILES string of the molecule is O=C(C1CCN(c2ccccn2)CC1)N1Cc2cccn2Cc2cc(F)ccc21. The molecule has 0 radical (unpaired) electrons. The lowest BCUT2D eigenvalue weighted by Gasteiger charge is -2.35. The van der Waals surface area contributed by atoms with Gasteiger partial charge >= 0.3 is 0 Å². The van der Waals surface area contributed by atoms with Crippen LogP contribution >= 0.6 is 0 Å². The number of rotatable bonds is 2. The molecule has 6 heteroatoms. The Morgan fingerprint density at radius 1 is 1.03 bits per heavy atom. The van der Waals surface area contributed by atoms with E-state index in [0.717, 1.165) is 48.7 Å². The molecule has 1 aromatic carbocycles. The number of anilines is 2. The lowest BCUT2D eigenvalue weighted by molar-refractivity contribution is -0.123. The first-order chi connectivity index (χ1) is 14.2. The normalized spacial score (nSPS) is 16.9. The number of halogens is 1. The van der Waals surface area contributed by atoms with Crippen LogP contribution < -0.4 is 9.80 Å². The summed E-state index contributed by atoms with van der Waals surface area (Å²) in [4.78, 5) is 22.0. The van der Waals surface area contributed by atoms with Crippen molar-refractivity contribution in [2.24, 2.45) is 5.92 Å². The van der Waals surface area contributed by atoms with Crippen LogP contribution in [0.4, 0.5) is 15.9 Å². The molecule has 1 saturated heterocycles. The first-order valence-corrected chi connectivity index (χ1v) is 10.1. The van der Waals surface area contributed by atoms with Crippen molar-refractivity contribution < 1.29 is 9.18 Å². The molecular weight excluding hydrogens is 367 g/mol. The van der Waals surface area contributed by atoms with Gasteiger partial charge in [0, 0.05) is 49.3 Å². The van der Waals surface area contributed by atoms with Gasteiger partial charge in [-0.25, -0.2) is 9.37 Å². The van der Waals surface area contributed by atoms with E-state index in [-0.39, 0.29) is 17.6 Å². The molecule has 5 rings (SSSR count). The summed E-state index contributed by atoms with van der Waals surface area (Å²) < 4.78 is 16.0. The summed E-state index contributed by atoms with van der Waals surface area (Å²) in [7, 11) is 0. The smallest absolute Gasteiger partial charge is 0.230 e. The highest BCUT2D eigenvalue weighted by Crippen LogP contribution is 2.32. The van der Waals surface area contributed by atoms with Crippen molar-refractivity contribution in [2.45, 2.75) is 25.9 Å². The molecule has 29 heavy (non-hydrogen) atoms. The predicted octanol–water partition coefficient (Wildman–Crippen LogP) is 3.83. The summed E-state index contributed by atoms with van der Waals surface area (Å²) in [5.41, 5.74) is 2.74. The minimum absolute atomic E-state index is 0.0330. The predicted molar refractivity (Wildman–Crippen MR) is 110 cm³/mol. The van der Waals surface area contributed by atoms with E-state index in [1.807, 2.05) is 41.4 Å². The zero-order chi connectivity index (χ0) is 19.8. The van der Waals surface area contributed by atoms with Crippen LogP contribution in [0.1, 0.15) is 24.1 Å². The van der Waals surface area contributed by atoms with Gasteiger partial charge in [-0.1, -0.05) is 6.07 Å². The molecule has 0 aliphatic carbocycles. The van der Waals surface area contributed by atoms with E-state index < -0.39 is 0 Å². The average Bonchev–Trinajstić information content (AvgIpc) is 3.13. The molecule has 2 aliphatic rings. The van der Waals surface area contributed by atoms with Crippen molar-refractivity contribution in [2.75, 3.05) is 22.9 Å². The van der Waals surface area contributed by atoms with E-state index in [0.29, 0.717) is 13.1 Å². The van der Waals surface area contributed by atoms with E-state index in [4.69, 9.17) is 0 Å². The van der Waals surface area contributed by atoms with Gasteiger partial charge in [-0.3, -0.25) is 4.79 Å². The lowest BCUT2D eigenvalue weighted by atomic mass is 9.94. The van der Waals surface area contributed by atoms with Crippen LogP contribution in [-0.4, -0.2) is 28.5 Å². The molecule has 1 amide bonds. The van der Waals surface area contributed by atoms with Crippen LogP contribution in [0.15, 0.2) is 60.9 Å². The van der Waals surface area contributed by atoms with Crippen LogP contribution in [0.5, 0.6) is 0 Å². The third kappa shape index (κ3) is 3.39. The molecule has 4 heterocycles. The van der Waals surface area contributed by atoms with Gasteiger partial charge in [0.2, 0.25) is 5.91 Å². The van der Waals surface area contributed by atoms with Crippen LogP contribution in [0.25, 0.3) is 0 Å². The van der Waals surface area contributed by atoms with Crippen molar-refractivity contribution in [3.8, 4) is 0 Å². The first kappa shape index (κ1) is 17.9. The Hall–Kier alpha value is -3.15. The van der Waals surface area contributed by atoms with Crippen LogP contribution in [0.2, 0.25) is 0 Å². The number of benzene rings is 1. The molecule has 0 saturated carbocycles. The van der Waals surface area contributed by atoms with E-state index in [9.17, 15) is 9.18 Å². The van der Waals surface area contributed by atoms with E-state index in [1.54, 1.807) is 18.3 Å². The molecule has 148 valence electrons. The number of carbonyl (C=O) groups excluding carboxylic acids is 1. The lowest BCUT2D eigenvalue weighted by Crippen LogP contribution is -2.42. The summed E-state index contributed by atoms with van der Waals surface area (Å²) >= 11 is 0. The summed E-state index contributed by atoms with van der Waals surface area (Å²) in [6.45, 7) is 2.73. The molecule has 2 aliphatic heterocycles. The van der Waals surface area contributed by atoms with Gasteiger partial charge in [0.15, 0.2) is 0 Å². The molecule has 0 bridgehead atoms. The first-order valence-electron chi connectivity index (χ1n) is 10.1. The summed E-state index contributed by atoms with van der Waals surface area (Å²) in [6.07, 6.45) is 5.38. The Bertz CT molecular complexity index is 1020. The van der Waals surface area contributed by atoms with Crippen molar-refractivity contribution in [3.05, 3.63) is 78.0 Å². The number of aromatic nitrogens is 2. The standard InChI is InChI=1S/C23H23FN4O/c24-19-6-7-21-18(14-19)15-27-11-3-4-20(27)16-28(21)23(29)17-8-12-26(13-9-17)22-5-1-2-10-25-22/h1-7,10-11,14,17H,8-9,12-13,15-16H2. The second kappa shape index (κ2) is 7.35. The Balaban J connectivity index is 1.38. The Morgan fingerprint density at radius 2 is 1.90 bits per heavy atom. The highest BCUT2D eigenvalue weighted by Gasteiger charge is 2.32. The summed E-state index contributed by atoms with van der Waals surface area (Å²) in [6, 6.07) is 14.7. The average molecular weight is 390 g/mol. The summed E-state index contributed by atoms with van der Waals surface area (Å²) in [5, 5.41) is 0. The van der Waals surface area contributed by atoms with Crippen molar-refractivity contribution in [1.29, 1.82) is 0 Å². The van der Waals surface area contributed by atoms with Crippen molar-refractivity contribution >= 4 is 17.4 Å². The van der Waals surface area contributed by atoms with Gasteiger partial charge in [-0.2, -0.15) is 0 Å². The number of nitrogens with zero attached hydrogens (tertiary/aromatic N) is 4. The number of fused-ring (bicyclic) bond motifs is 2. The van der Waals surface area contributed by atoms with Gasteiger partial charge in [0.1, 0.15) is 11.6 Å². The number of hydrogen-bond donors (Lipinski definition) is 0. The molecule has 3 aromatic rings. The summed E-state index contributed by atoms with van der Waals surface area (Å²) in [5.74, 6) is 0.796. The monoisotopic (exact) mass is 390 g/mol. The Kier molecular flexibility index (Phi) is 4.54. The van der Waals surface area contributed by atoms with Gasteiger partial charge in [0.05, 0.1) is 6.54 Å². The number of carbonyl (C=O) groups is 1. The van der Waals surface area contributed by atoms with E-state index >= 15 is 0 Å². The molecule has 1 fully saturated rings. The largest absolute Gasteiger partial charge is 0.357 e. The topological polar surface area (TPSA) is 41.4 Å².